The Bertz CT molecular complexity index is 975. The number of alkyl halides is 3. The number of rotatable bonds is 7. The molecule has 0 saturated carbocycles. The molecule has 2 saturated heterocycles. The number of aliphatic carboxylic acids is 1. The second-order valence-electron chi connectivity index (χ2n) is 9.38. The number of carboxylic acid groups (broad SMARTS) is 1. The Hall–Kier alpha value is -2.63. The number of hydrogen-bond donors (Lipinski definition) is 2. The van der Waals surface area contributed by atoms with E-state index in [0.717, 1.165) is 63.0 Å². The van der Waals surface area contributed by atoms with E-state index in [2.05, 4.69) is 32.1 Å². The van der Waals surface area contributed by atoms with E-state index in [1.54, 1.807) is 18.5 Å². The monoisotopic (exact) mass is 511 g/mol. The third-order valence-electron chi connectivity index (χ3n) is 6.32. The zero-order valence-corrected chi connectivity index (χ0v) is 20.4. The standard InChI is InChI=1S/C23H32FN5.C2HF3O2/c1-28(15-18-6-8-25-9-7-18)17-20-13-27-23(14-26-20)21-12-19(4-5-22(21)24)16-29-10-2-3-11-29;3-2(4,5)1(6)7/h4-5,12-14,18,25H,2-3,6-11,15-17H2,1H3;(H,6,7). The summed E-state index contributed by atoms with van der Waals surface area (Å²) in [6, 6.07) is 5.37. The van der Waals surface area contributed by atoms with Gasteiger partial charge in [-0.1, -0.05) is 6.07 Å². The van der Waals surface area contributed by atoms with Crippen LogP contribution in [-0.4, -0.2) is 76.8 Å². The summed E-state index contributed by atoms with van der Waals surface area (Å²) < 4.78 is 46.2. The van der Waals surface area contributed by atoms with Crippen LogP contribution < -0.4 is 5.32 Å². The topological polar surface area (TPSA) is 81.6 Å². The maximum Gasteiger partial charge on any atom is 0.490 e. The quantitative estimate of drug-likeness (QED) is 0.545. The van der Waals surface area contributed by atoms with Crippen LogP contribution >= 0.6 is 0 Å². The predicted octanol–water partition coefficient (Wildman–Crippen LogP) is 3.94. The van der Waals surface area contributed by atoms with E-state index < -0.39 is 12.1 Å². The van der Waals surface area contributed by atoms with Crippen LogP contribution in [0.4, 0.5) is 17.6 Å². The molecule has 1 aromatic heterocycles. The van der Waals surface area contributed by atoms with Crippen LogP contribution in [-0.2, 0) is 17.9 Å². The molecule has 0 amide bonds. The Balaban J connectivity index is 0.000000454. The first-order valence-electron chi connectivity index (χ1n) is 12.1. The van der Waals surface area contributed by atoms with Gasteiger partial charge in [-0.3, -0.25) is 14.9 Å². The Morgan fingerprint density at radius 3 is 2.42 bits per heavy atom. The van der Waals surface area contributed by atoms with Gasteiger partial charge in [0.2, 0.25) is 0 Å². The third-order valence-corrected chi connectivity index (χ3v) is 6.32. The van der Waals surface area contributed by atoms with Crippen molar-refractivity contribution < 1.29 is 27.5 Å². The van der Waals surface area contributed by atoms with Crippen LogP contribution in [0.15, 0.2) is 30.6 Å². The molecule has 2 aliphatic rings. The summed E-state index contributed by atoms with van der Waals surface area (Å²) in [5.74, 6) is -2.24. The third kappa shape index (κ3) is 8.79. The predicted molar refractivity (Wildman–Crippen MR) is 128 cm³/mol. The van der Waals surface area contributed by atoms with Crippen molar-refractivity contribution in [3.63, 3.8) is 0 Å². The highest BCUT2D eigenvalue weighted by molar-refractivity contribution is 5.73. The molecule has 3 heterocycles. The van der Waals surface area contributed by atoms with E-state index in [-0.39, 0.29) is 5.82 Å². The van der Waals surface area contributed by atoms with Gasteiger partial charge in [0.15, 0.2) is 0 Å². The molecule has 0 spiro atoms. The molecule has 11 heteroatoms. The number of aromatic nitrogens is 2. The van der Waals surface area contributed by atoms with Gasteiger partial charge in [0.1, 0.15) is 5.82 Å². The maximum atomic E-state index is 14.4. The molecule has 2 aromatic rings. The highest BCUT2D eigenvalue weighted by Crippen LogP contribution is 2.24. The first-order valence-corrected chi connectivity index (χ1v) is 12.1. The molecular formula is C25H33F4N5O2. The molecule has 2 fully saturated rings. The second-order valence-corrected chi connectivity index (χ2v) is 9.38. The van der Waals surface area contributed by atoms with Gasteiger partial charge in [0.05, 0.1) is 23.8 Å². The Labute approximate surface area is 208 Å². The molecule has 0 unspecified atom stereocenters. The molecule has 0 bridgehead atoms. The molecule has 1 aromatic carbocycles. The van der Waals surface area contributed by atoms with Gasteiger partial charge in [0.25, 0.3) is 0 Å². The fraction of sp³-hybridized carbons (Fsp3) is 0.560. The van der Waals surface area contributed by atoms with Crippen LogP contribution in [0.5, 0.6) is 0 Å². The van der Waals surface area contributed by atoms with Crippen molar-refractivity contribution in [2.45, 2.75) is 44.9 Å². The van der Waals surface area contributed by atoms with E-state index in [0.29, 0.717) is 11.3 Å². The fourth-order valence-electron chi connectivity index (χ4n) is 4.49. The van der Waals surface area contributed by atoms with Gasteiger partial charge in [-0.05, 0) is 82.5 Å². The molecule has 0 aliphatic carbocycles. The van der Waals surface area contributed by atoms with E-state index in [4.69, 9.17) is 9.90 Å². The Morgan fingerprint density at radius 2 is 1.83 bits per heavy atom. The lowest BCUT2D eigenvalue weighted by molar-refractivity contribution is -0.192. The zero-order valence-electron chi connectivity index (χ0n) is 20.4. The fourth-order valence-corrected chi connectivity index (χ4v) is 4.49. The SMILES string of the molecule is CN(Cc1cnc(-c2cc(CN3CCCC3)ccc2F)cn1)CC1CCNCC1.O=C(O)C(F)(F)F. The minimum atomic E-state index is -5.08. The minimum absolute atomic E-state index is 0.236. The lowest BCUT2D eigenvalue weighted by atomic mass is 9.98. The summed E-state index contributed by atoms with van der Waals surface area (Å²) in [7, 11) is 2.14. The van der Waals surface area contributed by atoms with Crippen LogP contribution in [0.25, 0.3) is 11.3 Å². The van der Waals surface area contributed by atoms with Crippen LogP contribution in [0.3, 0.4) is 0 Å². The summed E-state index contributed by atoms with van der Waals surface area (Å²) in [5.41, 5.74) is 3.22. The van der Waals surface area contributed by atoms with Crippen molar-refractivity contribution in [2.24, 2.45) is 5.92 Å². The zero-order chi connectivity index (χ0) is 26.1. The summed E-state index contributed by atoms with van der Waals surface area (Å²) in [6.45, 7) is 7.23. The lowest BCUT2D eigenvalue weighted by Crippen LogP contribution is -2.34. The molecule has 4 rings (SSSR count). The van der Waals surface area contributed by atoms with E-state index >= 15 is 0 Å². The van der Waals surface area contributed by atoms with Gasteiger partial charge < -0.3 is 15.3 Å². The minimum Gasteiger partial charge on any atom is -0.475 e. The number of halogens is 4. The molecule has 36 heavy (non-hydrogen) atoms. The van der Waals surface area contributed by atoms with Crippen LogP contribution in [0.1, 0.15) is 36.9 Å². The van der Waals surface area contributed by atoms with Gasteiger partial charge in [-0.15, -0.1) is 0 Å². The number of benzene rings is 1. The Morgan fingerprint density at radius 1 is 1.17 bits per heavy atom. The van der Waals surface area contributed by atoms with Crippen molar-refractivity contribution in [3.8, 4) is 11.3 Å². The number of likely N-dealkylation sites (tertiary alicyclic amines) is 1. The largest absolute Gasteiger partial charge is 0.490 e. The van der Waals surface area contributed by atoms with E-state index in [1.807, 2.05) is 12.1 Å². The number of nitrogens with one attached hydrogen (secondary N) is 1. The van der Waals surface area contributed by atoms with Crippen LogP contribution in [0, 0.1) is 11.7 Å². The van der Waals surface area contributed by atoms with Crippen molar-refractivity contribution in [1.29, 1.82) is 0 Å². The average molecular weight is 512 g/mol. The number of piperidine rings is 1. The van der Waals surface area contributed by atoms with Crippen LogP contribution in [0.2, 0.25) is 0 Å². The summed E-state index contributed by atoms with van der Waals surface area (Å²) in [4.78, 5) is 22.7. The summed E-state index contributed by atoms with van der Waals surface area (Å²) in [6.07, 6.45) is 3.41. The molecule has 2 aliphatic heterocycles. The van der Waals surface area contributed by atoms with Gasteiger partial charge in [-0.2, -0.15) is 13.2 Å². The van der Waals surface area contributed by atoms with Gasteiger partial charge >= 0.3 is 12.1 Å². The first-order chi connectivity index (χ1) is 17.1. The molecule has 2 N–H and O–H groups in total. The molecule has 198 valence electrons. The molecule has 0 radical (unpaired) electrons. The number of carbonyl (C=O) groups is 1. The van der Waals surface area contributed by atoms with Crippen molar-refractivity contribution >= 4 is 5.97 Å². The highest BCUT2D eigenvalue weighted by atomic mass is 19.4. The van der Waals surface area contributed by atoms with Gasteiger partial charge in [-0.25, -0.2) is 9.18 Å². The lowest BCUT2D eigenvalue weighted by Gasteiger charge is -2.27. The molecular weight excluding hydrogens is 478 g/mol. The average Bonchev–Trinajstić information content (AvgIpc) is 3.34. The number of hydrogen-bond acceptors (Lipinski definition) is 6. The van der Waals surface area contributed by atoms with E-state index in [1.165, 1.54) is 25.7 Å². The normalized spacial score (nSPS) is 17.2. The second kappa shape index (κ2) is 13.1. The number of nitrogens with zero attached hydrogens (tertiary/aromatic N) is 4. The molecule has 7 nitrogen and oxygen atoms in total. The van der Waals surface area contributed by atoms with Crippen molar-refractivity contribution in [1.82, 2.24) is 25.1 Å². The summed E-state index contributed by atoms with van der Waals surface area (Å²) >= 11 is 0. The maximum absolute atomic E-state index is 14.4. The highest BCUT2D eigenvalue weighted by Gasteiger charge is 2.38. The number of carboxylic acids is 1. The Kier molecular flexibility index (Phi) is 10.1. The van der Waals surface area contributed by atoms with Crippen molar-refractivity contribution in [2.75, 3.05) is 39.8 Å². The first kappa shape index (κ1) is 27.9. The summed E-state index contributed by atoms with van der Waals surface area (Å²) in [5, 5.41) is 10.5. The van der Waals surface area contributed by atoms with E-state index in [9.17, 15) is 17.6 Å². The smallest absolute Gasteiger partial charge is 0.475 e. The van der Waals surface area contributed by atoms with Crippen molar-refractivity contribution in [3.05, 3.63) is 47.7 Å². The molecule has 0 atom stereocenters. The van der Waals surface area contributed by atoms with Gasteiger partial charge in [0, 0.05) is 25.2 Å².